The van der Waals surface area contributed by atoms with Gasteiger partial charge in [0.15, 0.2) is 0 Å². The zero-order chi connectivity index (χ0) is 15.7. The Morgan fingerprint density at radius 2 is 1.96 bits per heavy atom. The third-order valence-electron chi connectivity index (χ3n) is 4.88. The molecule has 0 saturated carbocycles. The largest absolute Gasteiger partial charge is 0.481 e. The first-order valence-corrected chi connectivity index (χ1v) is 7.56. The van der Waals surface area contributed by atoms with Crippen LogP contribution in [0.4, 0.5) is 0 Å². The predicted octanol–water partition coefficient (Wildman–Crippen LogP) is 2.98. The van der Waals surface area contributed by atoms with Gasteiger partial charge >= 0.3 is 5.97 Å². The fraction of sp³-hybridized carbons (Fsp3) is 0.389. The number of hydrogen-bond acceptors (Lipinski definition) is 3. The summed E-state index contributed by atoms with van der Waals surface area (Å²) >= 11 is 0. The molecule has 1 heterocycles. The number of ether oxygens (including phenoxy) is 1. The molecule has 0 bridgehead atoms. The van der Waals surface area contributed by atoms with E-state index in [4.69, 9.17) is 4.74 Å². The van der Waals surface area contributed by atoms with Gasteiger partial charge in [0, 0.05) is 7.11 Å². The van der Waals surface area contributed by atoms with Crippen molar-refractivity contribution in [2.75, 3.05) is 13.7 Å². The van der Waals surface area contributed by atoms with E-state index in [0.29, 0.717) is 0 Å². The highest BCUT2D eigenvalue weighted by Gasteiger charge is 2.49. The second-order valence-corrected chi connectivity index (χ2v) is 6.06. The molecule has 5 heteroatoms. The molecule has 1 aliphatic rings. The van der Waals surface area contributed by atoms with Crippen molar-refractivity contribution < 1.29 is 14.6 Å². The van der Waals surface area contributed by atoms with Gasteiger partial charge in [-0.2, -0.15) is 0 Å². The van der Waals surface area contributed by atoms with Crippen LogP contribution in [0.5, 0.6) is 0 Å². The van der Waals surface area contributed by atoms with Crippen LogP contribution in [0.25, 0.3) is 10.8 Å². The number of nitrogens with one attached hydrogen (secondary N) is 1. The lowest BCUT2D eigenvalue weighted by atomic mass is 9.74. The molecule has 4 nitrogen and oxygen atoms in total. The number of carbonyl (C=O) groups is 1. The van der Waals surface area contributed by atoms with Gasteiger partial charge in [-0.25, -0.2) is 0 Å². The van der Waals surface area contributed by atoms with Gasteiger partial charge in [-0.1, -0.05) is 36.4 Å². The number of aliphatic carboxylic acids is 1. The number of carboxylic acids is 1. The molecule has 0 aromatic heterocycles. The summed E-state index contributed by atoms with van der Waals surface area (Å²) in [6, 6.07) is 13.6. The third kappa shape index (κ3) is 2.94. The van der Waals surface area contributed by atoms with E-state index in [-0.39, 0.29) is 24.6 Å². The summed E-state index contributed by atoms with van der Waals surface area (Å²) in [7, 11) is 1.65. The van der Waals surface area contributed by atoms with E-state index in [1.54, 1.807) is 14.0 Å². The maximum atomic E-state index is 12.1. The molecule has 1 saturated heterocycles. The summed E-state index contributed by atoms with van der Waals surface area (Å²) in [5.41, 5.74) is -0.221. The molecule has 0 unspecified atom stereocenters. The number of methoxy groups -OCH3 is 1. The quantitative estimate of drug-likeness (QED) is 0.902. The van der Waals surface area contributed by atoms with Gasteiger partial charge in [0.1, 0.15) is 5.41 Å². The summed E-state index contributed by atoms with van der Waals surface area (Å²) < 4.78 is 5.50. The Bertz CT molecular complexity index is 705. The second-order valence-electron chi connectivity index (χ2n) is 6.06. The van der Waals surface area contributed by atoms with Crippen LogP contribution >= 0.6 is 12.4 Å². The smallest absolute Gasteiger partial charge is 0.315 e. The van der Waals surface area contributed by atoms with Gasteiger partial charge in [-0.15, -0.1) is 12.4 Å². The van der Waals surface area contributed by atoms with Crippen molar-refractivity contribution in [3.8, 4) is 0 Å². The predicted molar refractivity (Wildman–Crippen MR) is 93.4 cm³/mol. The highest BCUT2D eigenvalue weighted by atomic mass is 35.5. The normalized spacial score (nSPS) is 23.2. The molecule has 0 spiro atoms. The van der Waals surface area contributed by atoms with Gasteiger partial charge < -0.3 is 15.2 Å². The van der Waals surface area contributed by atoms with E-state index < -0.39 is 11.4 Å². The number of halogens is 1. The molecule has 0 amide bonds. The lowest BCUT2D eigenvalue weighted by molar-refractivity contribution is -0.145. The Morgan fingerprint density at radius 3 is 2.61 bits per heavy atom. The summed E-state index contributed by atoms with van der Waals surface area (Å²) in [4.78, 5) is 12.1. The standard InChI is InChI=1S/C18H21NO3.ClH/c1-18(17(20)21,16-15(22-2)9-10-19-16)14-8-7-12-5-3-4-6-13(12)11-14;/h3-8,11,15-16,19H,9-10H2,1-2H3,(H,20,21);1H/t15-,16-,18+;/m1./s1. The third-order valence-corrected chi connectivity index (χ3v) is 4.88. The maximum absolute atomic E-state index is 12.1. The highest BCUT2D eigenvalue weighted by Crippen LogP contribution is 2.35. The van der Waals surface area contributed by atoms with Gasteiger partial charge in [-0.3, -0.25) is 4.79 Å². The molecule has 2 aromatic rings. The number of benzene rings is 2. The minimum absolute atomic E-state index is 0. The van der Waals surface area contributed by atoms with Crippen molar-refractivity contribution in [1.82, 2.24) is 5.32 Å². The number of carboxylic acid groups (broad SMARTS) is 1. The lowest BCUT2D eigenvalue weighted by Crippen LogP contribution is -2.53. The molecule has 2 aromatic carbocycles. The van der Waals surface area contributed by atoms with E-state index in [9.17, 15) is 9.90 Å². The molecule has 23 heavy (non-hydrogen) atoms. The monoisotopic (exact) mass is 335 g/mol. The van der Waals surface area contributed by atoms with E-state index in [2.05, 4.69) is 5.32 Å². The molecule has 124 valence electrons. The average Bonchev–Trinajstić information content (AvgIpc) is 3.02. The van der Waals surface area contributed by atoms with Crippen LogP contribution in [0.1, 0.15) is 18.9 Å². The number of rotatable bonds is 4. The van der Waals surface area contributed by atoms with E-state index in [0.717, 1.165) is 29.3 Å². The summed E-state index contributed by atoms with van der Waals surface area (Å²) in [6.45, 7) is 2.56. The van der Waals surface area contributed by atoms with Gasteiger partial charge in [0.2, 0.25) is 0 Å². The van der Waals surface area contributed by atoms with Gasteiger partial charge in [0.05, 0.1) is 12.1 Å². The molecule has 0 radical (unpaired) electrons. The maximum Gasteiger partial charge on any atom is 0.315 e. The molecular formula is C18H22ClNO3. The van der Waals surface area contributed by atoms with Crippen LogP contribution in [0.15, 0.2) is 42.5 Å². The summed E-state index contributed by atoms with van der Waals surface area (Å²) in [5.74, 6) is -0.829. The highest BCUT2D eigenvalue weighted by molar-refractivity contribution is 5.88. The molecule has 2 N–H and O–H groups in total. The SMILES string of the molecule is CO[C@@H]1CCN[C@H]1[C@@](C)(C(=O)O)c1ccc2ccccc2c1.Cl. The fourth-order valence-electron chi connectivity index (χ4n) is 3.46. The van der Waals surface area contributed by atoms with Gasteiger partial charge in [-0.05, 0) is 42.3 Å². The zero-order valence-electron chi connectivity index (χ0n) is 13.3. The first-order valence-electron chi connectivity index (χ1n) is 7.56. The lowest BCUT2D eigenvalue weighted by Gasteiger charge is -2.35. The van der Waals surface area contributed by atoms with E-state index >= 15 is 0 Å². The van der Waals surface area contributed by atoms with Crippen molar-refractivity contribution in [3.05, 3.63) is 48.0 Å². The Hall–Kier alpha value is -1.62. The van der Waals surface area contributed by atoms with Crippen LogP contribution in [-0.4, -0.2) is 36.9 Å². The first-order chi connectivity index (χ1) is 10.6. The molecule has 1 aliphatic heterocycles. The Kier molecular flexibility index (Phi) is 5.30. The van der Waals surface area contributed by atoms with Crippen LogP contribution in [-0.2, 0) is 14.9 Å². The first kappa shape index (κ1) is 17.7. The van der Waals surface area contributed by atoms with Crippen molar-refractivity contribution in [2.45, 2.75) is 30.9 Å². The van der Waals surface area contributed by atoms with Gasteiger partial charge in [0.25, 0.3) is 0 Å². The number of fused-ring (bicyclic) bond motifs is 1. The summed E-state index contributed by atoms with van der Waals surface area (Å²) in [5, 5.41) is 15.4. The zero-order valence-corrected chi connectivity index (χ0v) is 14.1. The average molecular weight is 336 g/mol. The Balaban J connectivity index is 0.00000192. The van der Waals surface area contributed by atoms with Crippen LogP contribution < -0.4 is 5.32 Å². The van der Waals surface area contributed by atoms with Crippen LogP contribution in [0.3, 0.4) is 0 Å². The molecule has 3 atom stereocenters. The number of hydrogen-bond donors (Lipinski definition) is 2. The topological polar surface area (TPSA) is 58.6 Å². The molecule has 0 aliphatic carbocycles. The van der Waals surface area contributed by atoms with Crippen molar-refractivity contribution >= 4 is 29.1 Å². The molecular weight excluding hydrogens is 314 g/mol. The van der Waals surface area contributed by atoms with Crippen LogP contribution in [0, 0.1) is 0 Å². The van der Waals surface area contributed by atoms with Crippen molar-refractivity contribution in [3.63, 3.8) is 0 Å². The Labute approximate surface area is 142 Å². The van der Waals surface area contributed by atoms with E-state index in [1.807, 2.05) is 42.5 Å². The second kappa shape index (κ2) is 6.87. The molecule has 1 fully saturated rings. The molecule has 3 rings (SSSR count). The fourth-order valence-corrected chi connectivity index (χ4v) is 3.46. The minimum Gasteiger partial charge on any atom is -0.481 e. The van der Waals surface area contributed by atoms with Crippen molar-refractivity contribution in [2.24, 2.45) is 0 Å². The minimum atomic E-state index is -1.03. The van der Waals surface area contributed by atoms with Crippen LogP contribution in [0.2, 0.25) is 0 Å². The van der Waals surface area contributed by atoms with E-state index in [1.165, 1.54) is 0 Å². The summed E-state index contributed by atoms with van der Waals surface area (Å²) in [6.07, 6.45) is 0.741. The Morgan fingerprint density at radius 1 is 1.26 bits per heavy atom. The van der Waals surface area contributed by atoms with Crippen molar-refractivity contribution in [1.29, 1.82) is 0 Å².